The monoisotopic (exact) mass is 293 g/mol. The van der Waals surface area contributed by atoms with Gasteiger partial charge in [-0.3, -0.25) is 4.21 Å². The summed E-state index contributed by atoms with van der Waals surface area (Å²) >= 11 is 0. The van der Waals surface area contributed by atoms with Gasteiger partial charge in [0.2, 0.25) is 0 Å². The fourth-order valence-corrected chi connectivity index (χ4v) is 5.71. The van der Waals surface area contributed by atoms with Crippen LogP contribution in [0, 0.1) is 0 Å². The first kappa shape index (κ1) is 14.2. The van der Waals surface area contributed by atoms with Crippen molar-refractivity contribution in [3.8, 4) is 0 Å². The van der Waals surface area contributed by atoms with E-state index in [1.807, 2.05) is 13.0 Å². The average Bonchev–Trinajstić information content (AvgIpc) is 2.88. The maximum Gasteiger partial charge on any atom is 0.0691 e. The molecule has 0 saturated carbocycles. The van der Waals surface area contributed by atoms with Gasteiger partial charge in [0.15, 0.2) is 0 Å². The molecule has 0 spiro atoms. The highest BCUT2D eigenvalue weighted by atomic mass is 32.2. The third kappa shape index (κ3) is 2.34. The van der Waals surface area contributed by atoms with Crippen LogP contribution in [0.5, 0.6) is 0 Å². The van der Waals surface area contributed by atoms with Crippen LogP contribution in [-0.4, -0.2) is 27.4 Å². The molecular weight excluding hydrogens is 270 g/mol. The van der Waals surface area contributed by atoms with Gasteiger partial charge in [-0.25, -0.2) is 0 Å². The number of fused-ring (bicyclic) bond motifs is 1. The van der Waals surface area contributed by atoms with E-state index in [1.165, 1.54) is 11.1 Å². The number of nitrogens with two attached hydrogens (primary N) is 1. The molecule has 20 heavy (non-hydrogen) atoms. The molecule has 1 aliphatic heterocycles. The number of hydrogen-bond donors (Lipinski definition) is 1. The normalized spacial score (nSPS) is 38.5. The van der Waals surface area contributed by atoms with E-state index >= 15 is 0 Å². The molecule has 1 aromatic rings. The number of rotatable bonds is 2. The topological polar surface area (TPSA) is 52.3 Å². The van der Waals surface area contributed by atoms with Crippen molar-refractivity contribution >= 4 is 10.8 Å². The molecule has 0 bridgehead atoms. The van der Waals surface area contributed by atoms with Crippen LogP contribution in [0.4, 0.5) is 0 Å². The number of ether oxygens (including phenoxy) is 1. The predicted octanol–water partition coefficient (Wildman–Crippen LogP) is 2.49. The lowest BCUT2D eigenvalue weighted by Crippen LogP contribution is -2.41. The molecule has 1 heterocycles. The Hall–Kier alpha value is -0.710. The van der Waals surface area contributed by atoms with E-state index in [-0.39, 0.29) is 22.6 Å². The Kier molecular flexibility index (Phi) is 3.98. The van der Waals surface area contributed by atoms with Crippen LogP contribution in [0.3, 0.4) is 0 Å². The Morgan fingerprint density at radius 1 is 1.20 bits per heavy atom. The minimum Gasteiger partial charge on any atom is -0.377 e. The average molecular weight is 293 g/mol. The molecular formula is C16H23NO2S. The summed E-state index contributed by atoms with van der Waals surface area (Å²) in [4.78, 5) is 0. The van der Waals surface area contributed by atoms with Crippen molar-refractivity contribution in [3.05, 3.63) is 35.4 Å². The van der Waals surface area contributed by atoms with E-state index in [0.29, 0.717) is 5.92 Å². The van der Waals surface area contributed by atoms with Gasteiger partial charge in [-0.05, 0) is 36.8 Å². The summed E-state index contributed by atoms with van der Waals surface area (Å²) in [6, 6.07) is 8.22. The lowest BCUT2D eigenvalue weighted by atomic mass is 9.81. The van der Waals surface area contributed by atoms with Crippen molar-refractivity contribution in [3.63, 3.8) is 0 Å². The molecule has 110 valence electrons. The fourth-order valence-electron chi connectivity index (χ4n) is 3.57. The molecule has 0 aromatic heterocycles. The highest BCUT2D eigenvalue weighted by molar-refractivity contribution is 7.86. The third-order valence-corrected chi connectivity index (χ3v) is 7.07. The highest BCUT2D eigenvalue weighted by Crippen LogP contribution is 2.40. The molecule has 1 aromatic carbocycles. The summed E-state index contributed by atoms with van der Waals surface area (Å²) in [5.74, 6) is 0.428. The molecule has 1 saturated heterocycles. The molecule has 6 unspecified atom stereocenters. The van der Waals surface area contributed by atoms with E-state index in [2.05, 4.69) is 25.1 Å². The van der Waals surface area contributed by atoms with Crippen molar-refractivity contribution in [1.29, 1.82) is 0 Å². The zero-order chi connectivity index (χ0) is 14.3. The van der Waals surface area contributed by atoms with Crippen LogP contribution in [0.15, 0.2) is 24.3 Å². The predicted molar refractivity (Wildman–Crippen MR) is 82.2 cm³/mol. The van der Waals surface area contributed by atoms with Crippen LogP contribution in [0.2, 0.25) is 0 Å². The molecule has 1 aliphatic carbocycles. The molecule has 3 nitrogen and oxygen atoms in total. The summed E-state index contributed by atoms with van der Waals surface area (Å²) in [5.41, 5.74) is 8.93. The lowest BCUT2D eigenvalue weighted by molar-refractivity contribution is 0.126. The third-order valence-electron chi connectivity index (χ3n) is 4.78. The van der Waals surface area contributed by atoms with Gasteiger partial charge in [0, 0.05) is 23.4 Å². The quantitative estimate of drug-likeness (QED) is 0.911. The van der Waals surface area contributed by atoms with Crippen LogP contribution in [-0.2, 0) is 15.5 Å². The van der Waals surface area contributed by atoms with Crippen molar-refractivity contribution in [2.75, 3.05) is 6.61 Å². The van der Waals surface area contributed by atoms with E-state index in [4.69, 9.17) is 10.5 Å². The van der Waals surface area contributed by atoms with Gasteiger partial charge >= 0.3 is 0 Å². The molecule has 3 rings (SSSR count). The van der Waals surface area contributed by atoms with Gasteiger partial charge in [0.1, 0.15) is 0 Å². The van der Waals surface area contributed by atoms with Gasteiger partial charge in [-0.2, -0.15) is 0 Å². The Labute approximate surface area is 123 Å². The van der Waals surface area contributed by atoms with Crippen LogP contribution in [0.25, 0.3) is 0 Å². The van der Waals surface area contributed by atoms with Crippen LogP contribution >= 0.6 is 0 Å². The SMILES string of the molecule is CC1CC(S(=O)C2CCOC2C)C(N)c2ccccc21. The van der Waals surface area contributed by atoms with Gasteiger partial charge in [0.25, 0.3) is 0 Å². The fraction of sp³-hybridized carbons (Fsp3) is 0.625. The van der Waals surface area contributed by atoms with Crippen molar-refractivity contribution in [2.24, 2.45) is 5.73 Å². The van der Waals surface area contributed by atoms with Gasteiger partial charge in [-0.15, -0.1) is 0 Å². The zero-order valence-electron chi connectivity index (χ0n) is 12.1. The molecule has 4 heteroatoms. The highest BCUT2D eigenvalue weighted by Gasteiger charge is 2.40. The summed E-state index contributed by atoms with van der Waals surface area (Å²) < 4.78 is 18.5. The first-order chi connectivity index (χ1) is 9.59. The molecule has 6 atom stereocenters. The van der Waals surface area contributed by atoms with Gasteiger partial charge in [0.05, 0.1) is 16.6 Å². The Bertz CT molecular complexity index is 519. The smallest absolute Gasteiger partial charge is 0.0691 e. The summed E-state index contributed by atoms with van der Waals surface area (Å²) in [6.45, 7) is 4.97. The largest absolute Gasteiger partial charge is 0.377 e. The molecule has 2 aliphatic rings. The maximum absolute atomic E-state index is 12.9. The minimum absolute atomic E-state index is 0.0500. The second-order valence-corrected chi connectivity index (χ2v) is 7.93. The molecule has 0 radical (unpaired) electrons. The zero-order valence-corrected chi connectivity index (χ0v) is 12.9. The van der Waals surface area contributed by atoms with Gasteiger partial charge in [-0.1, -0.05) is 31.2 Å². The van der Waals surface area contributed by atoms with Crippen molar-refractivity contribution in [2.45, 2.75) is 55.3 Å². The van der Waals surface area contributed by atoms with E-state index in [0.717, 1.165) is 19.4 Å². The number of benzene rings is 1. The van der Waals surface area contributed by atoms with Crippen LogP contribution < -0.4 is 5.73 Å². The Balaban J connectivity index is 1.87. The Morgan fingerprint density at radius 2 is 1.90 bits per heavy atom. The second kappa shape index (κ2) is 5.58. The number of hydrogen-bond acceptors (Lipinski definition) is 3. The van der Waals surface area contributed by atoms with E-state index in [9.17, 15) is 4.21 Å². The summed E-state index contributed by atoms with van der Waals surface area (Å²) in [5, 5.41) is 0.192. The molecule has 2 N–H and O–H groups in total. The summed E-state index contributed by atoms with van der Waals surface area (Å²) in [6.07, 6.45) is 1.90. The molecule has 0 amide bonds. The van der Waals surface area contributed by atoms with E-state index in [1.54, 1.807) is 0 Å². The van der Waals surface area contributed by atoms with Crippen LogP contribution in [0.1, 0.15) is 49.8 Å². The lowest BCUT2D eigenvalue weighted by Gasteiger charge is -2.36. The first-order valence-electron chi connectivity index (χ1n) is 7.45. The summed E-state index contributed by atoms with van der Waals surface area (Å²) in [7, 11) is -0.920. The first-order valence-corrected chi connectivity index (χ1v) is 8.72. The molecule has 1 fully saturated rings. The van der Waals surface area contributed by atoms with E-state index < -0.39 is 10.8 Å². The standard InChI is InChI=1S/C16H23NO2S/c1-10-9-15(20(18)14-7-8-19-11(14)2)16(17)13-6-4-3-5-12(10)13/h3-6,10-11,14-16H,7-9,17H2,1-2H3. The Morgan fingerprint density at radius 3 is 2.55 bits per heavy atom. The van der Waals surface area contributed by atoms with Crippen molar-refractivity contribution < 1.29 is 8.95 Å². The minimum atomic E-state index is -0.920. The maximum atomic E-state index is 12.9. The van der Waals surface area contributed by atoms with Crippen molar-refractivity contribution in [1.82, 2.24) is 0 Å². The second-order valence-electron chi connectivity index (χ2n) is 6.06. The van der Waals surface area contributed by atoms with Gasteiger partial charge < -0.3 is 10.5 Å².